The molecule has 1 saturated heterocycles. The number of likely N-dealkylation sites (tertiary alicyclic amines) is 1. The average Bonchev–Trinajstić information content (AvgIpc) is 2.57. The summed E-state index contributed by atoms with van der Waals surface area (Å²) in [6.45, 7) is 7.45. The van der Waals surface area contributed by atoms with Gasteiger partial charge < -0.3 is 15.0 Å². The monoisotopic (exact) mass is 358 g/mol. The summed E-state index contributed by atoms with van der Waals surface area (Å²) in [5, 5.41) is 4.14. The Morgan fingerprint density at radius 1 is 1.39 bits per heavy atom. The first-order valence-corrected chi connectivity index (χ1v) is 8.88. The van der Waals surface area contributed by atoms with Crippen molar-refractivity contribution in [3.8, 4) is 5.75 Å². The molecular formula is C17H24Cl2N2O2. The summed E-state index contributed by atoms with van der Waals surface area (Å²) in [5.41, 5.74) is 0. The molecule has 1 unspecified atom stereocenters. The first-order chi connectivity index (χ1) is 11.0. The summed E-state index contributed by atoms with van der Waals surface area (Å²) in [4.78, 5) is 14.4. The van der Waals surface area contributed by atoms with Crippen LogP contribution in [0, 0.1) is 5.92 Å². The van der Waals surface area contributed by atoms with Gasteiger partial charge in [0, 0.05) is 13.1 Å². The second-order valence-electron chi connectivity index (χ2n) is 5.89. The first kappa shape index (κ1) is 18.4. The molecule has 0 radical (unpaired) electrons. The van der Waals surface area contributed by atoms with Gasteiger partial charge >= 0.3 is 0 Å². The molecule has 0 aliphatic carbocycles. The van der Waals surface area contributed by atoms with Crippen LogP contribution >= 0.6 is 23.2 Å². The smallest absolute Gasteiger partial charge is 0.263 e. The van der Waals surface area contributed by atoms with Gasteiger partial charge in [0.1, 0.15) is 10.8 Å². The van der Waals surface area contributed by atoms with Crippen LogP contribution in [0.25, 0.3) is 0 Å². The molecule has 128 valence electrons. The minimum absolute atomic E-state index is 0.00272. The van der Waals surface area contributed by atoms with E-state index >= 15 is 0 Å². The lowest BCUT2D eigenvalue weighted by atomic mass is 9.96. The van der Waals surface area contributed by atoms with E-state index in [1.807, 2.05) is 4.90 Å². The molecule has 1 atom stereocenters. The van der Waals surface area contributed by atoms with Crippen molar-refractivity contribution >= 4 is 29.1 Å². The van der Waals surface area contributed by atoms with E-state index in [1.54, 1.807) is 25.1 Å². The van der Waals surface area contributed by atoms with Crippen molar-refractivity contribution in [2.75, 3.05) is 26.2 Å². The van der Waals surface area contributed by atoms with E-state index in [0.717, 1.165) is 39.0 Å². The average molecular weight is 359 g/mol. The summed E-state index contributed by atoms with van der Waals surface area (Å²) in [6, 6.07) is 5.17. The van der Waals surface area contributed by atoms with Crippen molar-refractivity contribution in [2.45, 2.75) is 32.8 Å². The third-order valence-electron chi connectivity index (χ3n) is 4.18. The molecule has 0 bridgehead atoms. The minimum Gasteiger partial charge on any atom is -0.479 e. The van der Waals surface area contributed by atoms with Crippen molar-refractivity contribution in [3.63, 3.8) is 0 Å². The molecule has 2 rings (SSSR count). The van der Waals surface area contributed by atoms with Gasteiger partial charge in [-0.2, -0.15) is 0 Å². The van der Waals surface area contributed by atoms with Crippen LogP contribution in [0.2, 0.25) is 10.0 Å². The van der Waals surface area contributed by atoms with Crippen LogP contribution in [0.1, 0.15) is 26.7 Å². The molecule has 0 aromatic heterocycles. The van der Waals surface area contributed by atoms with Crippen LogP contribution in [0.15, 0.2) is 18.2 Å². The lowest BCUT2D eigenvalue weighted by molar-refractivity contribution is -0.139. The van der Waals surface area contributed by atoms with E-state index in [1.165, 1.54) is 0 Å². The Labute approximate surface area is 148 Å². The summed E-state index contributed by atoms with van der Waals surface area (Å²) < 4.78 is 5.71. The Balaban J connectivity index is 1.87. The van der Waals surface area contributed by atoms with Gasteiger partial charge in [-0.1, -0.05) is 36.2 Å². The van der Waals surface area contributed by atoms with Crippen molar-refractivity contribution < 1.29 is 9.53 Å². The van der Waals surface area contributed by atoms with Crippen LogP contribution in [-0.2, 0) is 4.79 Å². The predicted molar refractivity (Wildman–Crippen MR) is 94.4 cm³/mol. The molecule has 4 nitrogen and oxygen atoms in total. The summed E-state index contributed by atoms with van der Waals surface area (Å²) >= 11 is 12.1. The molecule has 6 heteroatoms. The molecule has 0 saturated carbocycles. The van der Waals surface area contributed by atoms with E-state index in [0.29, 0.717) is 21.7 Å². The maximum Gasteiger partial charge on any atom is 0.263 e. The van der Waals surface area contributed by atoms with Crippen LogP contribution in [-0.4, -0.2) is 43.1 Å². The Hall–Kier alpha value is -0.970. The predicted octanol–water partition coefficient (Wildman–Crippen LogP) is 3.61. The van der Waals surface area contributed by atoms with Crippen molar-refractivity contribution in [1.29, 1.82) is 0 Å². The van der Waals surface area contributed by atoms with Crippen molar-refractivity contribution in [1.82, 2.24) is 10.2 Å². The highest BCUT2D eigenvalue weighted by molar-refractivity contribution is 6.42. The van der Waals surface area contributed by atoms with Gasteiger partial charge in [-0.05, 0) is 50.9 Å². The topological polar surface area (TPSA) is 41.6 Å². The Morgan fingerprint density at radius 2 is 2.09 bits per heavy atom. The second-order valence-corrected chi connectivity index (χ2v) is 6.67. The molecule has 1 aliphatic rings. The molecule has 1 fully saturated rings. The van der Waals surface area contributed by atoms with E-state index in [2.05, 4.69) is 12.2 Å². The lowest BCUT2D eigenvalue weighted by Crippen LogP contribution is -2.45. The van der Waals surface area contributed by atoms with E-state index < -0.39 is 6.10 Å². The van der Waals surface area contributed by atoms with E-state index in [9.17, 15) is 4.79 Å². The van der Waals surface area contributed by atoms with Gasteiger partial charge in [-0.3, -0.25) is 4.79 Å². The molecule has 0 spiro atoms. The minimum atomic E-state index is -0.573. The first-order valence-electron chi connectivity index (χ1n) is 8.13. The molecule has 1 aromatic carbocycles. The number of piperidine rings is 1. The SMILES string of the molecule is CCNCC1CCN(C(=O)C(C)Oc2cccc(Cl)c2Cl)CC1. The molecule has 23 heavy (non-hydrogen) atoms. The fourth-order valence-corrected chi connectivity index (χ4v) is 3.12. The third kappa shape index (κ3) is 5.00. The molecule has 1 aromatic rings. The summed E-state index contributed by atoms with van der Waals surface area (Å²) in [6.07, 6.45) is 1.49. The van der Waals surface area contributed by atoms with Gasteiger partial charge in [0.15, 0.2) is 6.10 Å². The van der Waals surface area contributed by atoms with Gasteiger partial charge in [0.25, 0.3) is 5.91 Å². The van der Waals surface area contributed by atoms with Gasteiger partial charge in [0.2, 0.25) is 0 Å². The zero-order valence-electron chi connectivity index (χ0n) is 13.6. The highest BCUT2D eigenvalue weighted by atomic mass is 35.5. The quantitative estimate of drug-likeness (QED) is 0.844. The normalized spacial score (nSPS) is 17.1. The second kappa shape index (κ2) is 8.76. The number of nitrogens with one attached hydrogen (secondary N) is 1. The van der Waals surface area contributed by atoms with Crippen LogP contribution in [0.4, 0.5) is 0 Å². The van der Waals surface area contributed by atoms with Crippen LogP contribution in [0.5, 0.6) is 5.75 Å². The lowest BCUT2D eigenvalue weighted by Gasteiger charge is -2.33. The highest BCUT2D eigenvalue weighted by Crippen LogP contribution is 2.32. The largest absolute Gasteiger partial charge is 0.479 e. The number of amides is 1. The van der Waals surface area contributed by atoms with Crippen LogP contribution < -0.4 is 10.1 Å². The van der Waals surface area contributed by atoms with Gasteiger partial charge in [-0.25, -0.2) is 0 Å². The van der Waals surface area contributed by atoms with Crippen LogP contribution in [0.3, 0.4) is 0 Å². The molecule has 1 heterocycles. The number of benzene rings is 1. The standard InChI is InChI=1S/C17H24Cl2N2O2/c1-3-20-11-13-7-9-21(10-8-13)17(22)12(2)23-15-6-4-5-14(18)16(15)19/h4-6,12-13,20H,3,7-11H2,1-2H3. The Morgan fingerprint density at radius 3 is 2.74 bits per heavy atom. The molecule has 1 N–H and O–H groups in total. The van der Waals surface area contributed by atoms with E-state index in [4.69, 9.17) is 27.9 Å². The fourth-order valence-electron chi connectivity index (χ4n) is 2.78. The van der Waals surface area contributed by atoms with Gasteiger partial charge in [-0.15, -0.1) is 0 Å². The number of halogens is 2. The van der Waals surface area contributed by atoms with Crippen molar-refractivity contribution in [3.05, 3.63) is 28.2 Å². The maximum atomic E-state index is 12.5. The van der Waals surface area contributed by atoms with E-state index in [-0.39, 0.29) is 5.91 Å². The zero-order valence-corrected chi connectivity index (χ0v) is 15.2. The molecular weight excluding hydrogens is 335 g/mol. The number of hydrogen-bond acceptors (Lipinski definition) is 3. The number of rotatable bonds is 6. The Kier molecular flexibility index (Phi) is 7.00. The summed E-state index contributed by atoms with van der Waals surface area (Å²) in [7, 11) is 0. The number of carbonyl (C=O) groups excluding carboxylic acids is 1. The fraction of sp³-hybridized carbons (Fsp3) is 0.588. The third-order valence-corrected chi connectivity index (χ3v) is 4.98. The van der Waals surface area contributed by atoms with Crippen molar-refractivity contribution in [2.24, 2.45) is 5.92 Å². The summed E-state index contributed by atoms with van der Waals surface area (Å²) in [5.74, 6) is 1.10. The zero-order chi connectivity index (χ0) is 16.8. The number of carbonyl (C=O) groups is 1. The molecule has 1 amide bonds. The number of hydrogen-bond donors (Lipinski definition) is 1. The maximum absolute atomic E-state index is 12.5. The Bertz CT molecular complexity index is 531. The number of nitrogens with zero attached hydrogens (tertiary/aromatic N) is 1. The molecule has 1 aliphatic heterocycles. The highest BCUT2D eigenvalue weighted by Gasteiger charge is 2.27. The van der Waals surface area contributed by atoms with Gasteiger partial charge in [0.05, 0.1) is 5.02 Å². The number of ether oxygens (including phenoxy) is 1.